The maximum atomic E-state index is 12.8. The summed E-state index contributed by atoms with van der Waals surface area (Å²) < 4.78 is 180. The normalized spacial score (nSPS) is 12.9. The van der Waals surface area contributed by atoms with Gasteiger partial charge in [0.05, 0.1) is 29.9 Å². The molecular weight excluding hydrogens is 1090 g/mol. The van der Waals surface area contributed by atoms with Crippen LogP contribution in [0.3, 0.4) is 0 Å². The Bertz CT molecular complexity index is 2230. The van der Waals surface area contributed by atoms with Crippen molar-refractivity contribution in [1.82, 2.24) is 10.6 Å². The maximum absolute atomic E-state index is 12.8. The monoisotopic (exact) mass is 1160 g/mol. The summed E-state index contributed by atoms with van der Waals surface area (Å²) in [6, 6.07) is 11.7. The van der Waals surface area contributed by atoms with Gasteiger partial charge in [-0.25, -0.2) is 4.79 Å². The van der Waals surface area contributed by atoms with Crippen LogP contribution in [0.4, 0.5) is 52.7 Å². The lowest BCUT2D eigenvalue weighted by Crippen LogP contribution is -2.52. The first-order chi connectivity index (χ1) is 35.3. The van der Waals surface area contributed by atoms with E-state index in [1.165, 1.54) is 54.0 Å². The van der Waals surface area contributed by atoms with Crippen LogP contribution < -0.4 is 21.1 Å². The minimum atomic E-state index is -5.82. The van der Waals surface area contributed by atoms with Crippen molar-refractivity contribution < 1.29 is 110 Å². The summed E-state index contributed by atoms with van der Waals surface area (Å²) in [5.41, 5.74) is 3.26. The number of nitrogens with two attached hydrogens (primary N) is 1. The number of unbranched alkanes of at least 4 members (excludes halogenated alkanes) is 2. The van der Waals surface area contributed by atoms with Gasteiger partial charge in [-0.3, -0.25) is 29.4 Å². The number of amidine groups is 1. The fourth-order valence-corrected chi connectivity index (χ4v) is 5.98. The summed E-state index contributed by atoms with van der Waals surface area (Å²) in [4.78, 5) is 73.9. The van der Waals surface area contributed by atoms with Gasteiger partial charge in [0.25, 0.3) is 11.8 Å². The van der Waals surface area contributed by atoms with Crippen LogP contribution in [0.2, 0.25) is 0 Å². The van der Waals surface area contributed by atoms with Gasteiger partial charge in [-0.2, -0.15) is 52.7 Å². The van der Waals surface area contributed by atoms with Crippen LogP contribution in [0, 0.1) is 10.8 Å². The molecule has 79 heavy (non-hydrogen) atoms. The molecule has 0 aromatic heterocycles. The second-order valence-corrected chi connectivity index (χ2v) is 17.8. The number of alkyl halides is 12. The van der Waals surface area contributed by atoms with Crippen LogP contribution in [0.5, 0.6) is 5.75 Å². The van der Waals surface area contributed by atoms with Crippen LogP contribution >= 0.6 is 0 Å². The number of amides is 2. The highest BCUT2D eigenvalue weighted by atomic mass is 19.4. The van der Waals surface area contributed by atoms with Crippen molar-refractivity contribution in [1.29, 1.82) is 10.8 Å². The number of halogens is 12. The molecule has 0 aliphatic carbocycles. The number of benzene rings is 2. The molecule has 6 N–H and O–H groups in total. The molecule has 0 aliphatic heterocycles. The van der Waals surface area contributed by atoms with Crippen LogP contribution in [0.25, 0.3) is 0 Å². The zero-order chi connectivity index (χ0) is 59.2. The molecule has 2 aromatic rings. The fraction of sp³-hybridized carbons (Fsp3) is 0.600. The lowest BCUT2D eigenvalue weighted by molar-refractivity contribution is -0.320. The van der Waals surface area contributed by atoms with E-state index >= 15 is 0 Å². The SMILES string of the molecule is C.C.COC(C)(C)C(=O)N[C@@H](CCCCC(=N)CC(=O)OCc1ccc(OC(=O)c2ccccc2)cc1)C(=O)COC(C(F)(F)F)C(F)(F)F.COC(C)(C)C(=O)N[C@@H](CCCCC(=N)N)C(=O)COC(C(F)(F)F)C(F)(F)F. The third kappa shape index (κ3) is 28.5. The Morgan fingerprint density at radius 1 is 0.582 bits per heavy atom. The molecule has 0 saturated heterocycles. The molecule has 0 heterocycles. The van der Waals surface area contributed by atoms with Gasteiger partial charge in [0, 0.05) is 26.4 Å². The lowest BCUT2D eigenvalue weighted by Gasteiger charge is -2.27. The fourth-order valence-electron chi connectivity index (χ4n) is 5.98. The average molecular weight is 1160 g/mol. The molecule has 29 heteroatoms. The zero-order valence-electron chi connectivity index (χ0n) is 42.5. The summed E-state index contributed by atoms with van der Waals surface area (Å²) in [6.45, 7) is 2.19. The van der Waals surface area contributed by atoms with Gasteiger partial charge in [0.1, 0.15) is 36.8 Å². The Balaban J connectivity index is 0. The van der Waals surface area contributed by atoms with Crippen molar-refractivity contribution in [3.63, 3.8) is 0 Å². The molecule has 2 amide bonds. The van der Waals surface area contributed by atoms with Crippen LogP contribution in [-0.2, 0) is 54.3 Å². The molecule has 0 bridgehead atoms. The number of hydrogen-bond acceptors (Lipinski definition) is 14. The number of hydrogen-bond donors (Lipinski definition) is 5. The number of methoxy groups -OCH3 is 2. The van der Waals surface area contributed by atoms with Crippen molar-refractivity contribution in [2.75, 3.05) is 27.4 Å². The highest BCUT2D eigenvalue weighted by molar-refractivity contribution is 5.97. The molecule has 0 fully saturated rings. The molecular formula is C50H69F12N5O12. The number of Topliss-reactive ketones (excluding diaryl/α,β-unsaturated/α-hetero) is 2. The van der Waals surface area contributed by atoms with Gasteiger partial charge in [-0.1, -0.05) is 58.0 Å². The first kappa shape index (κ1) is 74.9. The van der Waals surface area contributed by atoms with Crippen LogP contribution in [0.1, 0.15) is 116 Å². The minimum absolute atomic E-state index is 0. The molecule has 17 nitrogen and oxygen atoms in total. The average Bonchev–Trinajstić information content (AvgIpc) is 3.31. The summed E-state index contributed by atoms with van der Waals surface area (Å²) >= 11 is 0. The third-order valence-corrected chi connectivity index (χ3v) is 10.8. The predicted molar refractivity (Wildman–Crippen MR) is 262 cm³/mol. The van der Waals surface area contributed by atoms with Gasteiger partial charge in [0.2, 0.25) is 12.2 Å². The highest BCUT2D eigenvalue weighted by Gasteiger charge is 2.59. The molecule has 0 radical (unpaired) electrons. The molecule has 0 saturated carbocycles. The summed E-state index contributed by atoms with van der Waals surface area (Å²) in [6.07, 6.45) is -31.0. The largest absolute Gasteiger partial charge is 0.461 e. The van der Waals surface area contributed by atoms with Gasteiger partial charge in [-0.15, -0.1) is 0 Å². The van der Waals surface area contributed by atoms with E-state index in [2.05, 4.69) is 20.1 Å². The van der Waals surface area contributed by atoms with E-state index in [4.69, 9.17) is 35.5 Å². The number of carbonyl (C=O) groups excluding carboxylic acids is 6. The lowest BCUT2D eigenvalue weighted by atomic mass is 10.0. The van der Waals surface area contributed by atoms with E-state index in [0.717, 1.165) is 0 Å². The van der Waals surface area contributed by atoms with E-state index in [1.807, 2.05) is 0 Å². The Hall–Kier alpha value is -6.20. The van der Waals surface area contributed by atoms with Gasteiger partial charge >= 0.3 is 36.6 Å². The number of nitrogens with one attached hydrogen (secondary N) is 4. The van der Waals surface area contributed by atoms with E-state index in [0.29, 0.717) is 17.5 Å². The molecule has 0 unspecified atom stereocenters. The van der Waals surface area contributed by atoms with Gasteiger partial charge in [0.15, 0.2) is 11.6 Å². The molecule has 2 rings (SSSR count). The van der Waals surface area contributed by atoms with Gasteiger partial charge in [-0.05, 0) is 89.6 Å². The van der Waals surface area contributed by atoms with Crippen molar-refractivity contribution in [2.24, 2.45) is 5.73 Å². The Labute approximate surface area is 449 Å². The Kier molecular flexibility index (Phi) is 31.7. The van der Waals surface area contributed by atoms with Crippen molar-refractivity contribution in [2.45, 2.75) is 167 Å². The number of ether oxygens (including phenoxy) is 6. The first-order valence-corrected chi connectivity index (χ1v) is 23.0. The summed E-state index contributed by atoms with van der Waals surface area (Å²) in [5.74, 6) is -5.10. The maximum Gasteiger partial charge on any atom is 0.423 e. The van der Waals surface area contributed by atoms with Crippen molar-refractivity contribution >= 4 is 46.9 Å². The van der Waals surface area contributed by atoms with Crippen LogP contribution in [0.15, 0.2) is 54.6 Å². The molecule has 0 aliphatic rings. The van der Waals surface area contributed by atoms with E-state index < -0.39 is 109 Å². The van der Waals surface area contributed by atoms with E-state index in [1.54, 1.807) is 42.5 Å². The number of esters is 2. The number of ketones is 2. The second-order valence-electron chi connectivity index (χ2n) is 17.8. The van der Waals surface area contributed by atoms with Crippen molar-refractivity contribution in [3.05, 3.63) is 65.7 Å². The minimum Gasteiger partial charge on any atom is -0.461 e. The molecule has 450 valence electrons. The topological polar surface area (TPSA) is 256 Å². The van der Waals surface area contributed by atoms with Crippen LogP contribution in [-0.4, -0.2) is 134 Å². The second kappa shape index (κ2) is 33.4. The highest BCUT2D eigenvalue weighted by Crippen LogP contribution is 2.37. The summed E-state index contributed by atoms with van der Waals surface area (Å²) in [5, 5.41) is 19.7. The number of rotatable bonds is 30. The molecule has 0 spiro atoms. The molecule has 2 atom stereocenters. The smallest absolute Gasteiger partial charge is 0.423 e. The first-order valence-electron chi connectivity index (χ1n) is 23.0. The summed E-state index contributed by atoms with van der Waals surface area (Å²) in [7, 11) is 2.40. The zero-order valence-corrected chi connectivity index (χ0v) is 42.5. The Morgan fingerprint density at radius 2 is 0.975 bits per heavy atom. The number of carbonyl (C=O) groups is 6. The quantitative estimate of drug-likeness (QED) is 0.0122. The standard InChI is InChI=1S/C32H36F6N2O8.C16H25F6N3O4.2CH4/c1-30(2,45-3)29(44)40-24(25(41)19-47-28(31(33,34)35)32(36,37)38)12-8-7-11-22(39)17-26(42)46-18-20-13-15-23(16-14-20)48-27(43)21-9-5-4-6-10-21;1-14(2,28-3)13(27)25-9(6-4-5-7-11(23)24)10(26)8-29-12(15(17,18)19)16(20,21)22;;/h4-6,9-10,13-16,24,28,39H,7-8,11-12,17-19H2,1-3H3,(H,40,44);9,12H,4-8H2,1-3H3,(H3,23,24)(H,25,27);2*1H4/t24-;9-;;/m00../s1. The third-order valence-electron chi connectivity index (χ3n) is 10.8. The van der Waals surface area contributed by atoms with Gasteiger partial charge < -0.3 is 50.2 Å². The predicted octanol–water partition coefficient (Wildman–Crippen LogP) is 9.65. The van der Waals surface area contributed by atoms with Crippen molar-refractivity contribution in [3.8, 4) is 5.75 Å². The molecule has 2 aromatic carbocycles. The Morgan fingerprint density at radius 3 is 1.34 bits per heavy atom. The van der Waals surface area contributed by atoms with E-state index in [9.17, 15) is 81.5 Å². The van der Waals surface area contributed by atoms with E-state index in [-0.39, 0.29) is 90.1 Å².